The molecule has 28 heavy (non-hydrogen) atoms. The number of nitrogens with zero attached hydrogens (tertiary/aromatic N) is 2. The van der Waals surface area contributed by atoms with Crippen LogP contribution < -0.4 is 5.56 Å². The van der Waals surface area contributed by atoms with Crippen LogP contribution in [0.1, 0.15) is 23.7 Å². The fourth-order valence-electron chi connectivity index (χ4n) is 2.84. The van der Waals surface area contributed by atoms with Crippen LogP contribution in [0.4, 0.5) is 0 Å². The van der Waals surface area contributed by atoms with Crippen LogP contribution in [0.2, 0.25) is 5.02 Å². The van der Waals surface area contributed by atoms with Gasteiger partial charge in [-0.3, -0.25) is 19.7 Å². The lowest BCUT2D eigenvalue weighted by molar-refractivity contribution is -0.139. The van der Waals surface area contributed by atoms with Crippen LogP contribution >= 0.6 is 11.6 Å². The monoisotopic (exact) mass is 397 g/mol. The van der Waals surface area contributed by atoms with Crippen molar-refractivity contribution in [1.82, 2.24) is 9.78 Å². The molecule has 0 amide bonds. The second-order valence-electron chi connectivity index (χ2n) is 6.22. The number of aliphatic imine (C=N–C) groups is 1. The van der Waals surface area contributed by atoms with E-state index >= 15 is 0 Å². The van der Waals surface area contributed by atoms with E-state index in [1.54, 1.807) is 19.1 Å². The molecule has 1 N–H and O–H groups in total. The van der Waals surface area contributed by atoms with Crippen molar-refractivity contribution in [1.29, 1.82) is 0 Å². The number of para-hydroxylation sites is 1. The normalized spacial score (nSPS) is 11.5. The van der Waals surface area contributed by atoms with Crippen molar-refractivity contribution in [3.63, 3.8) is 0 Å². The number of hydrogen-bond acceptors (Lipinski definition) is 4. The molecule has 144 valence electrons. The van der Waals surface area contributed by atoms with Crippen LogP contribution in [-0.4, -0.2) is 28.6 Å². The predicted molar refractivity (Wildman–Crippen MR) is 109 cm³/mol. The van der Waals surface area contributed by atoms with Crippen LogP contribution in [0.3, 0.4) is 0 Å². The molecule has 0 fully saturated rings. The van der Waals surface area contributed by atoms with Gasteiger partial charge in [0, 0.05) is 10.7 Å². The van der Waals surface area contributed by atoms with E-state index < -0.39 is 5.97 Å². The Morgan fingerprint density at radius 1 is 1.14 bits per heavy atom. The van der Waals surface area contributed by atoms with E-state index in [4.69, 9.17) is 16.3 Å². The molecular formula is C21H20ClN3O3. The molecule has 3 aromatic rings. The molecule has 0 radical (unpaired) electrons. The molecule has 3 rings (SSSR count). The summed E-state index contributed by atoms with van der Waals surface area (Å²) in [7, 11) is 1.32. The fourth-order valence-corrected chi connectivity index (χ4v) is 2.96. The Labute approximate surface area is 167 Å². The topological polar surface area (TPSA) is 76.5 Å². The summed E-state index contributed by atoms with van der Waals surface area (Å²) in [5, 5.41) is 3.68. The summed E-state index contributed by atoms with van der Waals surface area (Å²) in [6.07, 6.45) is -0.0469. The fraction of sp³-hybridized carbons (Fsp3) is 0.190. The minimum absolute atomic E-state index is 0.0469. The SMILES string of the molecule is COC(=O)Cc1[nH]n(-c2ccccc2)c(=O)c1C(C)=NCc1ccc(Cl)cc1. The number of hydrogen-bond donors (Lipinski definition) is 1. The molecule has 0 aliphatic rings. The van der Waals surface area contributed by atoms with Gasteiger partial charge in [0.15, 0.2) is 0 Å². The van der Waals surface area contributed by atoms with Gasteiger partial charge in [0.1, 0.15) is 0 Å². The summed E-state index contributed by atoms with van der Waals surface area (Å²) in [5.74, 6) is -0.437. The number of carbonyl (C=O) groups is 1. The first-order chi connectivity index (χ1) is 13.5. The van der Waals surface area contributed by atoms with E-state index in [-0.39, 0.29) is 12.0 Å². The molecular weight excluding hydrogens is 378 g/mol. The van der Waals surface area contributed by atoms with Gasteiger partial charge in [0.2, 0.25) is 0 Å². The first-order valence-electron chi connectivity index (χ1n) is 8.71. The highest BCUT2D eigenvalue weighted by atomic mass is 35.5. The van der Waals surface area contributed by atoms with Gasteiger partial charge in [-0.15, -0.1) is 0 Å². The van der Waals surface area contributed by atoms with Crippen molar-refractivity contribution in [3.8, 4) is 5.69 Å². The van der Waals surface area contributed by atoms with Crippen LogP contribution in [0.5, 0.6) is 0 Å². The molecule has 0 unspecified atom stereocenters. The minimum atomic E-state index is -0.437. The Hall–Kier alpha value is -3.12. The Kier molecular flexibility index (Phi) is 6.11. The van der Waals surface area contributed by atoms with Gasteiger partial charge in [0.25, 0.3) is 5.56 Å². The van der Waals surface area contributed by atoms with Crippen molar-refractivity contribution in [2.24, 2.45) is 4.99 Å². The zero-order chi connectivity index (χ0) is 20.1. The molecule has 6 nitrogen and oxygen atoms in total. The second kappa shape index (κ2) is 8.71. The molecule has 0 bridgehead atoms. The number of halogens is 1. The van der Waals surface area contributed by atoms with Crippen molar-refractivity contribution in [2.75, 3.05) is 7.11 Å². The number of nitrogens with one attached hydrogen (secondary N) is 1. The van der Waals surface area contributed by atoms with Gasteiger partial charge in [-0.1, -0.05) is 41.9 Å². The number of H-pyrrole nitrogens is 1. The first-order valence-corrected chi connectivity index (χ1v) is 9.09. The Morgan fingerprint density at radius 2 is 1.82 bits per heavy atom. The number of benzene rings is 2. The van der Waals surface area contributed by atoms with Crippen molar-refractivity contribution in [3.05, 3.63) is 86.8 Å². The maximum Gasteiger partial charge on any atom is 0.311 e. The van der Waals surface area contributed by atoms with Crippen molar-refractivity contribution < 1.29 is 9.53 Å². The number of carbonyl (C=O) groups excluding carboxylic acids is 1. The number of esters is 1. The predicted octanol–water partition coefficient (Wildman–Crippen LogP) is 3.54. The van der Waals surface area contributed by atoms with Crippen LogP contribution in [0, 0.1) is 0 Å². The molecule has 0 saturated carbocycles. The maximum atomic E-state index is 13.0. The molecule has 1 aromatic heterocycles. The van der Waals surface area contributed by atoms with E-state index in [1.165, 1.54) is 11.8 Å². The van der Waals surface area contributed by atoms with Crippen LogP contribution in [0.15, 0.2) is 64.4 Å². The zero-order valence-corrected chi connectivity index (χ0v) is 16.4. The lowest BCUT2D eigenvalue weighted by Gasteiger charge is -2.02. The number of aromatic amines is 1. The molecule has 7 heteroatoms. The third-order valence-corrected chi connectivity index (χ3v) is 4.55. The van der Waals surface area contributed by atoms with Gasteiger partial charge < -0.3 is 4.74 Å². The Balaban J connectivity index is 2.00. The molecule has 0 saturated heterocycles. The van der Waals surface area contributed by atoms with Gasteiger partial charge in [-0.05, 0) is 36.8 Å². The van der Waals surface area contributed by atoms with Crippen molar-refractivity contribution in [2.45, 2.75) is 19.9 Å². The van der Waals surface area contributed by atoms with Crippen LogP contribution in [-0.2, 0) is 22.5 Å². The lowest BCUT2D eigenvalue weighted by Crippen LogP contribution is -2.20. The molecule has 2 aromatic carbocycles. The average molecular weight is 398 g/mol. The summed E-state index contributed by atoms with van der Waals surface area (Å²) >= 11 is 5.91. The number of methoxy groups -OCH3 is 1. The number of ether oxygens (including phenoxy) is 1. The molecule has 1 heterocycles. The van der Waals surface area contributed by atoms with Crippen molar-refractivity contribution >= 4 is 23.3 Å². The number of rotatable bonds is 6. The average Bonchev–Trinajstić information content (AvgIpc) is 3.03. The molecule has 0 aliphatic heterocycles. The van der Waals surface area contributed by atoms with Gasteiger partial charge in [-0.25, -0.2) is 4.68 Å². The smallest absolute Gasteiger partial charge is 0.311 e. The highest BCUT2D eigenvalue weighted by molar-refractivity contribution is 6.30. The lowest BCUT2D eigenvalue weighted by atomic mass is 10.1. The highest BCUT2D eigenvalue weighted by Crippen LogP contribution is 2.13. The molecule has 0 aliphatic carbocycles. The quantitative estimate of drug-likeness (QED) is 0.510. The maximum absolute atomic E-state index is 13.0. The minimum Gasteiger partial charge on any atom is -0.469 e. The van der Waals surface area contributed by atoms with Gasteiger partial charge in [-0.2, -0.15) is 0 Å². The standard InChI is InChI=1S/C21H20ClN3O3/c1-14(23-13-15-8-10-16(22)11-9-15)20-18(12-19(26)28-2)24-25(21(20)27)17-6-4-3-5-7-17/h3-11,24H,12-13H2,1-2H3. The first kappa shape index (κ1) is 19.6. The summed E-state index contributed by atoms with van der Waals surface area (Å²) < 4.78 is 6.17. The number of aromatic nitrogens is 2. The summed E-state index contributed by atoms with van der Waals surface area (Å²) in [5.41, 5.74) is 2.78. The largest absolute Gasteiger partial charge is 0.469 e. The zero-order valence-electron chi connectivity index (χ0n) is 15.6. The van der Waals surface area contributed by atoms with Gasteiger partial charge in [0.05, 0.1) is 37.0 Å². The van der Waals surface area contributed by atoms with E-state index in [1.807, 2.05) is 42.5 Å². The van der Waals surface area contributed by atoms with Gasteiger partial charge >= 0.3 is 5.97 Å². The third-order valence-electron chi connectivity index (χ3n) is 4.30. The third kappa shape index (κ3) is 4.40. The summed E-state index contributed by atoms with van der Waals surface area (Å²) in [4.78, 5) is 29.4. The van der Waals surface area contributed by atoms with E-state index in [9.17, 15) is 9.59 Å². The van der Waals surface area contributed by atoms with E-state index in [0.29, 0.717) is 34.2 Å². The molecule has 0 atom stereocenters. The van der Waals surface area contributed by atoms with E-state index in [2.05, 4.69) is 10.1 Å². The Bertz CT molecular complexity index is 1050. The highest BCUT2D eigenvalue weighted by Gasteiger charge is 2.20. The summed E-state index contributed by atoms with van der Waals surface area (Å²) in [6, 6.07) is 16.5. The summed E-state index contributed by atoms with van der Waals surface area (Å²) in [6.45, 7) is 2.16. The van der Waals surface area contributed by atoms with E-state index in [0.717, 1.165) is 5.56 Å². The Morgan fingerprint density at radius 3 is 2.46 bits per heavy atom. The van der Waals surface area contributed by atoms with Crippen LogP contribution in [0.25, 0.3) is 5.69 Å². The molecule has 0 spiro atoms. The second-order valence-corrected chi connectivity index (χ2v) is 6.66.